The van der Waals surface area contributed by atoms with Crippen molar-refractivity contribution in [1.29, 1.82) is 0 Å². The number of hydrogen-bond donors (Lipinski definition) is 1. The molecule has 2 rings (SSSR count). The molecule has 1 heterocycles. The van der Waals surface area contributed by atoms with Crippen molar-refractivity contribution in [3.63, 3.8) is 0 Å². The third-order valence-corrected chi connectivity index (χ3v) is 4.45. The van der Waals surface area contributed by atoms with Gasteiger partial charge < -0.3 is 9.84 Å². The first-order valence-electron chi connectivity index (χ1n) is 6.30. The lowest BCUT2D eigenvalue weighted by Gasteiger charge is -2.10. The lowest BCUT2D eigenvalue weighted by Crippen LogP contribution is -2.07. The average molecular weight is 418 g/mol. The Bertz CT molecular complexity index is 683. The van der Waals surface area contributed by atoms with Crippen molar-refractivity contribution in [2.45, 2.75) is 20.0 Å². The number of carboxylic acid groups (broad SMARTS) is 1. The molecular weight excluding hydrogens is 404 g/mol. The van der Waals surface area contributed by atoms with Crippen LogP contribution in [-0.2, 0) is 20.1 Å². The van der Waals surface area contributed by atoms with E-state index in [1.165, 1.54) is 6.07 Å². The summed E-state index contributed by atoms with van der Waals surface area (Å²) in [5, 5.41) is 13.6. The first-order chi connectivity index (χ1) is 9.93. The minimum Gasteiger partial charge on any atom is -0.486 e. The number of carbonyl (C=O) groups is 1. The SMILES string of the molecule is CCc1nn(C)c(COc2cc(Br)ccc2C(=O)O)c1Br. The van der Waals surface area contributed by atoms with Gasteiger partial charge in [0.25, 0.3) is 0 Å². The van der Waals surface area contributed by atoms with Gasteiger partial charge in [-0.2, -0.15) is 5.10 Å². The number of hydrogen-bond acceptors (Lipinski definition) is 3. The Hall–Kier alpha value is -1.34. The van der Waals surface area contributed by atoms with Gasteiger partial charge >= 0.3 is 5.97 Å². The van der Waals surface area contributed by atoms with Gasteiger partial charge in [-0.05, 0) is 40.5 Å². The standard InChI is InChI=1S/C14H14Br2N2O3/c1-3-10-13(16)11(18(2)17-10)7-21-12-6-8(15)4-5-9(12)14(19)20/h4-6H,3,7H2,1-2H3,(H,19,20). The van der Waals surface area contributed by atoms with E-state index in [0.29, 0.717) is 5.75 Å². The highest BCUT2D eigenvalue weighted by Gasteiger charge is 2.16. The van der Waals surface area contributed by atoms with Crippen LogP contribution in [0.15, 0.2) is 27.1 Å². The number of halogens is 2. The highest BCUT2D eigenvalue weighted by atomic mass is 79.9. The first kappa shape index (κ1) is 16.0. The molecule has 2 aromatic rings. The Morgan fingerprint density at radius 1 is 1.43 bits per heavy atom. The van der Waals surface area contributed by atoms with Crippen LogP contribution in [0.25, 0.3) is 0 Å². The summed E-state index contributed by atoms with van der Waals surface area (Å²) in [6.07, 6.45) is 0.811. The Labute approximate surface area is 139 Å². The van der Waals surface area contributed by atoms with Crippen molar-refractivity contribution >= 4 is 37.8 Å². The molecule has 0 bridgehead atoms. The smallest absolute Gasteiger partial charge is 0.339 e. The Balaban J connectivity index is 2.26. The lowest BCUT2D eigenvalue weighted by atomic mass is 10.2. The number of benzene rings is 1. The van der Waals surface area contributed by atoms with Crippen LogP contribution in [0.2, 0.25) is 0 Å². The zero-order valence-corrected chi connectivity index (χ0v) is 14.7. The normalized spacial score (nSPS) is 10.7. The van der Waals surface area contributed by atoms with E-state index in [1.54, 1.807) is 16.8 Å². The summed E-state index contributed by atoms with van der Waals surface area (Å²) in [7, 11) is 1.83. The van der Waals surface area contributed by atoms with Crippen molar-refractivity contribution < 1.29 is 14.6 Å². The summed E-state index contributed by atoms with van der Waals surface area (Å²) in [6.45, 7) is 2.26. The molecule has 112 valence electrons. The fourth-order valence-corrected chi connectivity index (χ4v) is 2.99. The fourth-order valence-electron chi connectivity index (χ4n) is 1.92. The molecule has 1 N–H and O–H groups in total. The van der Waals surface area contributed by atoms with Crippen LogP contribution in [0.5, 0.6) is 5.75 Å². The molecule has 0 aliphatic carbocycles. The van der Waals surface area contributed by atoms with E-state index in [2.05, 4.69) is 37.0 Å². The minimum absolute atomic E-state index is 0.132. The number of aromatic nitrogens is 2. The van der Waals surface area contributed by atoms with Gasteiger partial charge in [0, 0.05) is 11.5 Å². The van der Waals surface area contributed by atoms with Gasteiger partial charge in [0.2, 0.25) is 0 Å². The fraction of sp³-hybridized carbons (Fsp3) is 0.286. The van der Waals surface area contributed by atoms with Crippen LogP contribution in [0.1, 0.15) is 28.7 Å². The minimum atomic E-state index is -1.02. The molecule has 0 unspecified atom stereocenters. The predicted octanol–water partition coefficient (Wildman–Crippen LogP) is 3.78. The molecule has 0 fully saturated rings. The molecule has 1 aromatic heterocycles. The van der Waals surface area contributed by atoms with Crippen molar-refractivity contribution in [3.8, 4) is 5.75 Å². The number of carboxylic acids is 1. The topological polar surface area (TPSA) is 64.4 Å². The van der Waals surface area contributed by atoms with Gasteiger partial charge in [-0.15, -0.1) is 0 Å². The van der Waals surface area contributed by atoms with E-state index >= 15 is 0 Å². The second kappa shape index (κ2) is 6.62. The van der Waals surface area contributed by atoms with Gasteiger partial charge in [0.05, 0.1) is 15.9 Å². The maximum atomic E-state index is 11.2. The number of aryl methyl sites for hydroxylation is 2. The molecule has 0 saturated carbocycles. The van der Waals surface area contributed by atoms with Crippen LogP contribution in [0, 0.1) is 0 Å². The largest absolute Gasteiger partial charge is 0.486 e. The highest BCUT2D eigenvalue weighted by Crippen LogP contribution is 2.27. The van der Waals surface area contributed by atoms with E-state index in [0.717, 1.165) is 26.8 Å². The average Bonchev–Trinajstić information content (AvgIpc) is 2.71. The van der Waals surface area contributed by atoms with Crippen LogP contribution in [-0.4, -0.2) is 20.9 Å². The monoisotopic (exact) mass is 416 g/mol. The van der Waals surface area contributed by atoms with Crippen LogP contribution >= 0.6 is 31.9 Å². The third-order valence-electron chi connectivity index (χ3n) is 3.04. The maximum absolute atomic E-state index is 11.2. The zero-order valence-electron chi connectivity index (χ0n) is 11.6. The summed E-state index contributed by atoms with van der Waals surface area (Å²) in [5.74, 6) is -0.696. The van der Waals surface area contributed by atoms with Gasteiger partial charge in [-0.25, -0.2) is 4.79 Å². The summed E-state index contributed by atoms with van der Waals surface area (Å²) in [5.41, 5.74) is 1.94. The first-order valence-corrected chi connectivity index (χ1v) is 7.88. The molecule has 0 radical (unpaired) electrons. The third kappa shape index (κ3) is 3.47. The summed E-state index contributed by atoms with van der Waals surface area (Å²) >= 11 is 6.82. The van der Waals surface area contributed by atoms with E-state index in [1.807, 2.05) is 14.0 Å². The molecule has 0 aliphatic rings. The molecule has 0 aliphatic heterocycles. The van der Waals surface area contributed by atoms with Gasteiger partial charge in [-0.1, -0.05) is 22.9 Å². The summed E-state index contributed by atoms with van der Waals surface area (Å²) in [4.78, 5) is 11.2. The molecule has 1 aromatic carbocycles. The Morgan fingerprint density at radius 2 is 2.14 bits per heavy atom. The second-order valence-electron chi connectivity index (χ2n) is 4.42. The van der Waals surface area contributed by atoms with E-state index in [-0.39, 0.29) is 12.2 Å². The quantitative estimate of drug-likeness (QED) is 0.803. The van der Waals surface area contributed by atoms with Crippen molar-refractivity contribution in [1.82, 2.24) is 9.78 Å². The van der Waals surface area contributed by atoms with Gasteiger partial charge in [0.1, 0.15) is 17.9 Å². The van der Waals surface area contributed by atoms with E-state index in [9.17, 15) is 9.90 Å². The summed E-state index contributed by atoms with van der Waals surface area (Å²) < 4.78 is 9.09. The Kier molecular flexibility index (Phi) is 5.05. The number of nitrogens with zero attached hydrogens (tertiary/aromatic N) is 2. The highest BCUT2D eigenvalue weighted by molar-refractivity contribution is 9.10. The van der Waals surface area contributed by atoms with Crippen molar-refractivity contribution in [2.24, 2.45) is 7.05 Å². The molecule has 0 atom stereocenters. The van der Waals surface area contributed by atoms with Crippen molar-refractivity contribution in [3.05, 3.63) is 44.1 Å². The van der Waals surface area contributed by atoms with Gasteiger partial charge in [0.15, 0.2) is 0 Å². The molecule has 0 spiro atoms. The maximum Gasteiger partial charge on any atom is 0.339 e. The zero-order chi connectivity index (χ0) is 15.6. The van der Waals surface area contributed by atoms with Crippen LogP contribution in [0.4, 0.5) is 0 Å². The lowest BCUT2D eigenvalue weighted by molar-refractivity contribution is 0.0691. The molecule has 7 heteroatoms. The Morgan fingerprint density at radius 3 is 2.71 bits per heavy atom. The number of ether oxygens (including phenoxy) is 1. The summed E-state index contributed by atoms with van der Waals surface area (Å²) in [6, 6.07) is 4.83. The number of rotatable bonds is 5. The molecule has 21 heavy (non-hydrogen) atoms. The molecule has 0 saturated heterocycles. The molecule has 0 amide bonds. The van der Waals surface area contributed by atoms with Gasteiger partial charge in [-0.3, -0.25) is 4.68 Å². The predicted molar refractivity (Wildman–Crippen MR) is 85.7 cm³/mol. The number of aromatic carboxylic acids is 1. The van der Waals surface area contributed by atoms with Crippen LogP contribution < -0.4 is 4.74 Å². The molecular formula is C14H14Br2N2O3. The molecule has 5 nitrogen and oxygen atoms in total. The van der Waals surface area contributed by atoms with E-state index < -0.39 is 5.97 Å². The van der Waals surface area contributed by atoms with Crippen LogP contribution in [0.3, 0.4) is 0 Å². The van der Waals surface area contributed by atoms with Crippen molar-refractivity contribution in [2.75, 3.05) is 0 Å². The second-order valence-corrected chi connectivity index (χ2v) is 6.13. The van der Waals surface area contributed by atoms with E-state index in [4.69, 9.17) is 4.74 Å².